The molecule has 0 saturated heterocycles. The summed E-state index contributed by atoms with van der Waals surface area (Å²) in [7, 11) is 0. The highest BCUT2D eigenvalue weighted by Gasteiger charge is 2.20. The van der Waals surface area contributed by atoms with Crippen LogP contribution in [0.5, 0.6) is 0 Å². The standard InChI is InChI=1S/C13H14O3S/c1-3-16-13(15)12(14)10-7-9-4-5-17-11(9)6-8(10)2/h4-7,12,14H,3H2,1-2H3. The Hall–Kier alpha value is -1.39. The maximum atomic E-state index is 11.5. The fraction of sp³-hybridized carbons (Fsp3) is 0.308. The van der Waals surface area contributed by atoms with E-state index in [9.17, 15) is 9.90 Å². The monoisotopic (exact) mass is 250 g/mol. The topological polar surface area (TPSA) is 46.5 Å². The number of carbonyl (C=O) groups excluding carboxylic acids is 1. The molecule has 1 aromatic carbocycles. The second-order valence-electron chi connectivity index (χ2n) is 3.82. The van der Waals surface area contributed by atoms with Crippen molar-refractivity contribution >= 4 is 27.4 Å². The number of ether oxygens (including phenoxy) is 1. The Kier molecular flexibility index (Phi) is 3.45. The minimum Gasteiger partial charge on any atom is -0.464 e. The second-order valence-corrected chi connectivity index (χ2v) is 4.77. The van der Waals surface area contributed by atoms with Gasteiger partial charge in [0, 0.05) is 4.70 Å². The summed E-state index contributed by atoms with van der Waals surface area (Å²) in [4.78, 5) is 11.5. The van der Waals surface area contributed by atoms with Gasteiger partial charge in [0.25, 0.3) is 0 Å². The molecule has 1 atom stereocenters. The van der Waals surface area contributed by atoms with Gasteiger partial charge in [-0.1, -0.05) is 0 Å². The number of thiophene rings is 1. The van der Waals surface area contributed by atoms with Crippen molar-refractivity contribution in [2.45, 2.75) is 20.0 Å². The maximum absolute atomic E-state index is 11.5. The van der Waals surface area contributed by atoms with E-state index in [4.69, 9.17) is 4.74 Å². The Balaban J connectivity index is 2.39. The van der Waals surface area contributed by atoms with E-state index in [1.165, 1.54) is 0 Å². The van der Waals surface area contributed by atoms with Crippen LogP contribution in [0.3, 0.4) is 0 Å². The summed E-state index contributed by atoms with van der Waals surface area (Å²) in [5.41, 5.74) is 1.52. The smallest absolute Gasteiger partial charge is 0.339 e. The van der Waals surface area contributed by atoms with E-state index >= 15 is 0 Å². The van der Waals surface area contributed by atoms with E-state index in [0.717, 1.165) is 15.6 Å². The molecule has 0 aliphatic heterocycles. The van der Waals surface area contributed by atoms with Gasteiger partial charge in [0.15, 0.2) is 6.10 Å². The summed E-state index contributed by atoms with van der Waals surface area (Å²) in [6.45, 7) is 3.88. The summed E-state index contributed by atoms with van der Waals surface area (Å²) in [6, 6.07) is 5.81. The van der Waals surface area contributed by atoms with Gasteiger partial charge < -0.3 is 9.84 Å². The molecule has 0 saturated carbocycles. The van der Waals surface area contributed by atoms with Gasteiger partial charge in [0.05, 0.1) is 6.61 Å². The minimum atomic E-state index is -1.20. The largest absolute Gasteiger partial charge is 0.464 e. The van der Waals surface area contributed by atoms with E-state index in [0.29, 0.717) is 5.56 Å². The number of carbonyl (C=O) groups is 1. The van der Waals surface area contributed by atoms with E-state index in [1.54, 1.807) is 18.3 Å². The number of aryl methyl sites for hydroxylation is 1. The molecule has 4 heteroatoms. The van der Waals surface area contributed by atoms with Crippen molar-refractivity contribution in [2.75, 3.05) is 6.61 Å². The number of benzene rings is 1. The summed E-state index contributed by atoms with van der Waals surface area (Å²) in [5, 5.41) is 13.0. The summed E-state index contributed by atoms with van der Waals surface area (Å²) < 4.78 is 5.98. The average Bonchev–Trinajstić information content (AvgIpc) is 2.74. The van der Waals surface area contributed by atoms with E-state index in [2.05, 4.69) is 0 Å². The molecule has 0 aliphatic carbocycles. The molecule has 0 aliphatic rings. The first-order chi connectivity index (χ1) is 8.13. The van der Waals surface area contributed by atoms with E-state index < -0.39 is 12.1 Å². The normalized spacial score (nSPS) is 12.6. The lowest BCUT2D eigenvalue weighted by Crippen LogP contribution is -2.16. The number of aliphatic hydroxyl groups is 1. The van der Waals surface area contributed by atoms with Gasteiger partial charge in [-0.25, -0.2) is 4.79 Å². The van der Waals surface area contributed by atoms with Crippen LogP contribution >= 0.6 is 11.3 Å². The molecule has 90 valence electrons. The van der Waals surface area contributed by atoms with Crippen LogP contribution in [-0.4, -0.2) is 17.7 Å². The molecule has 1 heterocycles. The molecule has 0 bridgehead atoms. The molecule has 1 unspecified atom stereocenters. The predicted molar refractivity (Wildman–Crippen MR) is 68.2 cm³/mol. The molecule has 0 amide bonds. The molecule has 0 radical (unpaired) electrons. The van der Waals surface area contributed by atoms with Gasteiger partial charge in [0.1, 0.15) is 0 Å². The maximum Gasteiger partial charge on any atom is 0.339 e. The Labute approximate surface area is 104 Å². The highest BCUT2D eigenvalue weighted by molar-refractivity contribution is 7.17. The van der Waals surface area contributed by atoms with Crippen LogP contribution in [0.15, 0.2) is 23.6 Å². The molecule has 1 N–H and O–H groups in total. The number of aliphatic hydroxyl groups excluding tert-OH is 1. The van der Waals surface area contributed by atoms with Gasteiger partial charge in [-0.15, -0.1) is 11.3 Å². The summed E-state index contributed by atoms with van der Waals surface area (Å²) in [6.07, 6.45) is -1.20. The molecular weight excluding hydrogens is 236 g/mol. The zero-order valence-electron chi connectivity index (χ0n) is 9.77. The van der Waals surface area contributed by atoms with Crippen LogP contribution in [0.1, 0.15) is 24.2 Å². The molecule has 0 spiro atoms. The van der Waals surface area contributed by atoms with E-state index in [1.807, 2.05) is 30.5 Å². The first-order valence-corrected chi connectivity index (χ1v) is 6.34. The van der Waals surface area contributed by atoms with Crippen molar-refractivity contribution in [1.29, 1.82) is 0 Å². The zero-order valence-corrected chi connectivity index (χ0v) is 10.6. The van der Waals surface area contributed by atoms with Crippen LogP contribution in [-0.2, 0) is 9.53 Å². The third kappa shape index (κ3) is 2.33. The van der Waals surface area contributed by atoms with Crippen molar-refractivity contribution in [3.05, 3.63) is 34.7 Å². The third-order valence-electron chi connectivity index (χ3n) is 2.65. The lowest BCUT2D eigenvalue weighted by atomic mass is 10.0. The molecule has 3 nitrogen and oxygen atoms in total. The Morgan fingerprint density at radius 3 is 3.00 bits per heavy atom. The Bertz CT molecular complexity index is 545. The summed E-state index contributed by atoms with van der Waals surface area (Å²) >= 11 is 1.64. The molecule has 0 fully saturated rings. The van der Waals surface area contributed by atoms with Crippen LogP contribution in [0.25, 0.3) is 10.1 Å². The molecule has 2 rings (SSSR count). The number of hydrogen-bond donors (Lipinski definition) is 1. The van der Waals surface area contributed by atoms with Gasteiger partial charge in [0.2, 0.25) is 0 Å². The summed E-state index contributed by atoms with van der Waals surface area (Å²) in [5.74, 6) is -0.592. The van der Waals surface area contributed by atoms with Gasteiger partial charge in [-0.3, -0.25) is 0 Å². The number of esters is 1. The molecule has 1 aromatic heterocycles. The predicted octanol–water partition coefficient (Wildman–Crippen LogP) is 2.81. The van der Waals surface area contributed by atoms with Crippen molar-refractivity contribution in [2.24, 2.45) is 0 Å². The number of rotatable bonds is 3. The average molecular weight is 250 g/mol. The van der Waals surface area contributed by atoms with Crippen molar-refractivity contribution in [3.63, 3.8) is 0 Å². The number of fused-ring (bicyclic) bond motifs is 1. The van der Waals surface area contributed by atoms with Gasteiger partial charge in [-0.2, -0.15) is 0 Å². The quantitative estimate of drug-likeness (QED) is 0.852. The van der Waals surface area contributed by atoms with Crippen LogP contribution in [0, 0.1) is 6.92 Å². The first-order valence-electron chi connectivity index (χ1n) is 5.46. The van der Waals surface area contributed by atoms with Gasteiger partial charge in [-0.05, 0) is 53.9 Å². The van der Waals surface area contributed by atoms with Crippen LogP contribution < -0.4 is 0 Å². The molecule has 2 aromatic rings. The fourth-order valence-corrected chi connectivity index (χ4v) is 2.64. The van der Waals surface area contributed by atoms with Crippen LogP contribution in [0.2, 0.25) is 0 Å². The van der Waals surface area contributed by atoms with Crippen molar-refractivity contribution in [3.8, 4) is 0 Å². The Morgan fingerprint density at radius 2 is 2.29 bits per heavy atom. The minimum absolute atomic E-state index is 0.273. The lowest BCUT2D eigenvalue weighted by Gasteiger charge is -2.12. The SMILES string of the molecule is CCOC(=O)C(O)c1cc2ccsc2cc1C. The lowest BCUT2D eigenvalue weighted by molar-refractivity contribution is -0.153. The highest BCUT2D eigenvalue weighted by Crippen LogP contribution is 2.28. The van der Waals surface area contributed by atoms with E-state index in [-0.39, 0.29) is 6.61 Å². The first kappa shape index (κ1) is 12.1. The highest BCUT2D eigenvalue weighted by atomic mass is 32.1. The number of hydrogen-bond acceptors (Lipinski definition) is 4. The molecule has 17 heavy (non-hydrogen) atoms. The molecular formula is C13H14O3S. The van der Waals surface area contributed by atoms with Crippen LogP contribution in [0.4, 0.5) is 0 Å². The van der Waals surface area contributed by atoms with Crippen molar-refractivity contribution in [1.82, 2.24) is 0 Å². The third-order valence-corrected chi connectivity index (χ3v) is 3.53. The van der Waals surface area contributed by atoms with Crippen molar-refractivity contribution < 1.29 is 14.6 Å². The zero-order chi connectivity index (χ0) is 12.4. The fourth-order valence-electron chi connectivity index (χ4n) is 1.77. The second kappa shape index (κ2) is 4.85. The van der Waals surface area contributed by atoms with Gasteiger partial charge >= 0.3 is 5.97 Å². The Morgan fingerprint density at radius 1 is 1.53 bits per heavy atom.